The second-order valence-corrected chi connectivity index (χ2v) is 4.71. The third kappa shape index (κ3) is 4.59. The molecule has 0 atom stereocenters. The van der Waals surface area contributed by atoms with Crippen LogP contribution in [0.25, 0.3) is 5.76 Å². The van der Waals surface area contributed by atoms with Crippen LogP contribution in [0, 0.1) is 0 Å². The van der Waals surface area contributed by atoms with Gasteiger partial charge in [0, 0.05) is 18.1 Å². The Morgan fingerprint density at radius 1 is 1.33 bits per heavy atom. The minimum Gasteiger partial charge on any atom is -0.507 e. The van der Waals surface area contributed by atoms with Crippen LogP contribution in [0.3, 0.4) is 0 Å². The number of ketones is 1. The molecule has 0 heterocycles. The number of methoxy groups -OCH3 is 1. The van der Waals surface area contributed by atoms with Crippen molar-refractivity contribution in [3.63, 3.8) is 0 Å². The first-order valence-electron chi connectivity index (χ1n) is 5.62. The molecule has 98 valence electrons. The van der Waals surface area contributed by atoms with E-state index in [1.807, 2.05) is 0 Å². The molecule has 0 aliphatic heterocycles. The highest BCUT2D eigenvalue weighted by Crippen LogP contribution is 2.17. The van der Waals surface area contributed by atoms with Gasteiger partial charge in [-0.15, -0.1) is 0 Å². The van der Waals surface area contributed by atoms with E-state index in [-0.39, 0.29) is 18.0 Å². The maximum Gasteiger partial charge on any atom is 0.162 e. The summed E-state index contributed by atoms with van der Waals surface area (Å²) in [6.07, 6.45) is 1.09. The molecule has 0 fully saturated rings. The first-order valence-corrected chi connectivity index (χ1v) is 5.62. The fraction of sp³-hybridized carbons (Fsp3) is 0.357. The van der Waals surface area contributed by atoms with E-state index in [2.05, 4.69) is 0 Å². The molecule has 0 aliphatic carbocycles. The summed E-state index contributed by atoms with van der Waals surface area (Å²) in [4.78, 5) is 11.5. The number of carbonyl (C=O) groups is 1. The third-order valence-corrected chi connectivity index (χ3v) is 2.29. The monoisotopic (exact) mass is 250 g/mol. The van der Waals surface area contributed by atoms with E-state index in [9.17, 15) is 15.0 Å². The van der Waals surface area contributed by atoms with Crippen LogP contribution in [0.4, 0.5) is 0 Å². The lowest BCUT2D eigenvalue weighted by atomic mass is 10.0. The molecule has 0 unspecified atom stereocenters. The Bertz CT molecular complexity index is 438. The maximum atomic E-state index is 11.5. The molecule has 0 bridgehead atoms. The van der Waals surface area contributed by atoms with E-state index in [0.717, 1.165) is 6.08 Å². The molecule has 0 aromatic heterocycles. The van der Waals surface area contributed by atoms with Crippen LogP contribution in [0.15, 0.2) is 30.3 Å². The molecule has 0 saturated heterocycles. The van der Waals surface area contributed by atoms with Gasteiger partial charge in [-0.25, -0.2) is 0 Å². The number of carbonyl (C=O) groups excluding carboxylic acids is 1. The van der Waals surface area contributed by atoms with E-state index in [1.54, 1.807) is 45.2 Å². The molecule has 0 spiro atoms. The summed E-state index contributed by atoms with van der Waals surface area (Å²) < 4.78 is 4.99. The Hall–Kier alpha value is -1.81. The zero-order valence-electron chi connectivity index (χ0n) is 10.8. The molecular formula is C14H18O4. The van der Waals surface area contributed by atoms with Crippen LogP contribution in [-0.4, -0.2) is 28.7 Å². The van der Waals surface area contributed by atoms with Crippen molar-refractivity contribution in [3.05, 3.63) is 35.9 Å². The van der Waals surface area contributed by atoms with E-state index in [4.69, 9.17) is 4.74 Å². The van der Waals surface area contributed by atoms with Crippen LogP contribution in [0.5, 0.6) is 5.75 Å². The molecule has 18 heavy (non-hydrogen) atoms. The largest absolute Gasteiger partial charge is 0.507 e. The lowest BCUT2D eigenvalue weighted by Crippen LogP contribution is -2.22. The van der Waals surface area contributed by atoms with E-state index >= 15 is 0 Å². The second kappa shape index (κ2) is 5.69. The van der Waals surface area contributed by atoms with Crippen molar-refractivity contribution in [1.29, 1.82) is 0 Å². The topological polar surface area (TPSA) is 66.8 Å². The number of ether oxygens (including phenoxy) is 1. The Morgan fingerprint density at radius 2 is 1.89 bits per heavy atom. The molecule has 0 amide bonds. The van der Waals surface area contributed by atoms with Crippen LogP contribution in [-0.2, 0) is 4.79 Å². The molecule has 0 aliphatic rings. The minimum absolute atomic E-state index is 0.0345. The van der Waals surface area contributed by atoms with Gasteiger partial charge in [-0.05, 0) is 38.1 Å². The predicted molar refractivity (Wildman–Crippen MR) is 69.5 cm³/mol. The van der Waals surface area contributed by atoms with Crippen LogP contribution < -0.4 is 4.74 Å². The normalized spacial score (nSPS) is 12.3. The highest BCUT2D eigenvalue weighted by molar-refractivity contribution is 5.95. The molecule has 0 radical (unpaired) electrons. The lowest BCUT2D eigenvalue weighted by molar-refractivity contribution is -0.118. The van der Waals surface area contributed by atoms with Gasteiger partial charge in [0.15, 0.2) is 5.78 Å². The molecular weight excluding hydrogens is 232 g/mol. The Labute approximate surface area is 107 Å². The van der Waals surface area contributed by atoms with Gasteiger partial charge in [0.1, 0.15) is 11.5 Å². The zero-order valence-corrected chi connectivity index (χ0v) is 10.8. The Morgan fingerprint density at radius 3 is 2.33 bits per heavy atom. The van der Waals surface area contributed by atoms with Gasteiger partial charge in [0.25, 0.3) is 0 Å². The number of allylic oxidation sites excluding steroid dienone is 1. The number of hydrogen-bond acceptors (Lipinski definition) is 4. The molecule has 1 aromatic carbocycles. The number of benzene rings is 1. The van der Waals surface area contributed by atoms with Crippen molar-refractivity contribution < 1.29 is 19.7 Å². The fourth-order valence-corrected chi connectivity index (χ4v) is 1.48. The summed E-state index contributed by atoms with van der Waals surface area (Å²) in [6.45, 7) is 3.09. The van der Waals surface area contributed by atoms with E-state index in [1.165, 1.54) is 0 Å². The highest BCUT2D eigenvalue weighted by Gasteiger charge is 2.17. The second-order valence-electron chi connectivity index (χ2n) is 4.71. The molecule has 0 saturated carbocycles. The van der Waals surface area contributed by atoms with Crippen molar-refractivity contribution in [1.82, 2.24) is 0 Å². The lowest BCUT2D eigenvalue weighted by Gasteiger charge is -2.14. The van der Waals surface area contributed by atoms with Gasteiger partial charge in [0.05, 0.1) is 12.7 Å². The van der Waals surface area contributed by atoms with Gasteiger partial charge >= 0.3 is 0 Å². The van der Waals surface area contributed by atoms with Crippen molar-refractivity contribution in [2.45, 2.75) is 25.9 Å². The quantitative estimate of drug-likeness (QED) is 0.621. The number of rotatable bonds is 5. The Kier molecular flexibility index (Phi) is 4.50. The summed E-state index contributed by atoms with van der Waals surface area (Å²) in [5.41, 5.74) is -0.548. The van der Waals surface area contributed by atoms with Gasteiger partial charge in [-0.2, -0.15) is 0 Å². The summed E-state index contributed by atoms with van der Waals surface area (Å²) in [5.74, 6) is 0.233. The van der Waals surface area contributed by atoms with Crippen molar-refractivity contribution in [2.24, 2.45) is 0 Å². The van der Waals surface area contributed by atoms with E-state index in [0.29, 0.717) is 11.3 Å². The average Bonchev–Trinajstić information content (AvgIpc) is 2.26. The maximum absolute atomic E-state index is 11.5. The molecule has 1 rings (SSSR count). The third-order valence-electron chi connectivity index (χ3n) is 2.29. The van der Waals surface area contributed by atoms with Crippen molar-refractivity contribution in [3.8, 4) is 5.75 Å². The molecule has 4 heteroatoms. The average molecular weight is 250 g/mol. The summed E-state index contributed by atoms with van der Waals surface area (Å²) >= 11 is 0. The summed E-state index contributed by atoms with van der Waals surface area (Å²) in [6, 6.07) is 6.70. The summed E-state index contributed by atoms with van der Waals surface area (Å²) in [7, 11) is 1.55. The van der Waals surface area contributed by atoms with Gasteiger partial charge in [0.2, 0.25) is 0 Å². The molecule has 4 nitrogen and oxygen atoms in total. The SMILES string of the molecule is COc1ccc(/C(O)=C/C(=O)CC(C)(C)O)cc1. The molecule has 2 N–H and O–H groups in total. The fourth-order valence-electron chi connectivity index (χ4n) is 1.48. The number of aliphatic hydroxyl groups is 2. The Balaban J connectivity index is 2.79. The standard InChI is InChI=1S/C14H18O4/c1-14(2,17)9-11(15)8-13(16)10-4-6-12(18-3)7-5-10/h4-8,16-17H,9H2,1-3H3/b13-8-. The van der Waals surface area contributed by atoms with Crippen LogP contribution in [0.1, 0.15) is 25.8 Å². The number of hydrogen-bond donors (Lipinski definition) is 2. The van der Waals surface area contributed by atoms with Crippen molar-refractivity contribution in [2.75, 3.05) is 7.11 Å². The van der Waals surface area contributed by atoms with E-state index < -0.39 is 5.60 Å². The van der Waals surface area contributed by atoms with Gasteiger partial charge in [-0.3, -0.25) is 4.79 Å². The first-order chi connectivity index (χ1) is 8.31. The first kappa shape index (κ1) is 14.3. The predicted octanol–water partition coefficient (Wildman–Crippen LogP) is 2.32. The van der Waals surface area contributed by atoms with Gasteiger partial charge < -0.3 is 14.9 Å². The summed E-state index contributed by atoms with van der Waals surface area (Å²) in [5, 5.41) is 19.3. The zero-order chi connectivity index (χ0) is 13.8. The van der Waals surface area contributed by atoms with Crippen molar-refractivity contribution >= 4 is 11.5 Å². The number of aliphatic hydroxyl groups excluding tert-OH is 1. The smallest absolute Gasteiger partial charge is 0.162 e. The van der Waals surface area contributed by atoms with Crippen LogP contribution in [0.2, 0.25) is 0 Å². The van der Waals surface area contributed by atoms with Gasteiger partial charge in [-0.1, -0.05) is 0 Å². The highest BCUT2D eigenvalue weighted by atomic mass is 16.5. The minimum atomic E-state index is -1.08. The molecule has 1 aromatic rings. The van der Waals surface area contributed by atoms with Crippen LogP contribution >= 0.6 is 0 Å².